The van der Waals surface area contributed by atoms with Gasteiger partial charge in [0.15, 0.2) is 5.96 Å². The largest absolute Gasteiger partial charge is 0.491 e. The SMILES string of the molecule is Cc1ccccc1CN=C(NCc1nc(C)c(C)o1)Nc1ccc(OC(C)C)cc1. The first kappa shape index (κ1) is 21.4. The van der Waals surface area contributed by atoms with Crippen molar-refractivity contribution < 1.29 is 9.15 Å². The van der Waals surface area contributed by atoms with Crippen LogP contribution in [0.1, 0.15) is 42.3 Å². The number of rotatable bonds is 7. The quantitative estimate of drug-likeness (QED) is 0.420. The van der Waals surface area contributed by atoms with E-state index in [-0.39, 0.29) is 6.10 Å². The topological polar surface area (TPSA) is 71.7 Å². The number of aryl methyl sites for hydroxylation is 3. The number of guanidine groups is 1. The van der Waals surface area contributed by atoms with Gasteiger partial charge in [-0.2, -0.15) is 0 Å². The summed E-state index contributed by atoms with van der Waals surface area (Å²) in [6.45, 7) is 11.0. The number of oxazole rings is 1. The number of hydrogen-bond donors (Lipinski definition) is 2. The van der Waals surface area contributed by atoms with Crippen molar-refractivity contribution in [3.05, 3.63) is 77.0 Å². The van der Waals surface area contributed by atoms with Crippen LogP contribution in [0.4, 0.5) is 5.69 Å². The number of aromatic nitrogens is 1. The molecule has 0 radical (unpaired) electrons. The molecule has 0 atom stereocenters. The molecule has 2 N–H and O–H groups in total. The molecule has 0 saturated carbocycles. The molecule has 0 amide bonds. The number of nitrogens with one attached hydrogen (secondary N) is 2. The molecule has 0 fully saturated rings. The lowest BCUT2D eigenvalue weighted by Gasteiger charge is -2.14. The van der Waals surface area contributed by atoms with Gasteiger partial charge < -0.3 is 19.8 Å². The van der Waals surface area contributed by atoms with Crippen molar-refractivity contribution in [1.82, 2.24) is 10.3 Å². The second-order valence-corrected chi connectivity index (χ2v) is 7.51. The van der Waals surface area contributed by atoms with Crippen LogP contribution in [-0.2, 0) is 13.1 Å². The summed E-state index contributed by atoms with van der Waals surface area (Å²) in [7, 11) is 0. The van der Waals surface area contributed by atoms with E-state index in [9.17, 15) is 0 Å². The zero-order valence-electron chi connectivity index (χ0n) is 18.3. The predicted octanol–water partition coefficient (Wildman–Crippen LogP) is 5.14. The van der Waals surface area contributed by atoms with E-state index in [0.29, 0.717) is 24.9 Å². The zero-order valence-corrected chi connectivity index (χ0v) is 18.3. The minimum Gasteiger partial charge on any atom is -0.491 e. The minimum atomic E-state index is 0.143. The van der Waals surface area contributed by atoms with Crippen molar-refractivity contribution in [2.75, 3.05) is 5.32 Å². The minimum absolute atomic E-state index is 0.143. The van der Waals surface area contributed by atoms with Gasteiger partial charge in [0.2, 0.25) is 5.89 Å². The Morgan fingerprint density at radius 3 is 2.43 bits per heavy atom. The molecule has 0 aliphatic rings. The van der Waals surface area contributed by atoms with Crippen LogP contribution >= 0.6 is 0 Å². The van der Waals surface area contributed by atoms with E-state index in [1.54, 1.807) is 0 Å². The Labute approximate surface area is 178 Å². The van der Waals surface area contributed by atoms with Crippen molar-refractivity contribution in [3.63, 3.8) is 0 Å². The zero-order chi connectivity index (χ0) is 21.5. The van der Waals surface area contributed by atoms with Gasteiger partial charge in [0.1, 0.15) is 11.5 Å². The molecular weight excluding hydrogens is 376 g/mol. The summed E-state index contributed by atoms with van der Waals surface area (Å²) in [5, 5.41) is 6.67. The Bertz CT molecular complexity index is 971. The summed E-state index contributed by atoms with van der Waals surface area (Å²) in [5.41, 5.74) is 4.22. The highest BCUT2D eigenvalue weighted by Gasteiger charge is 2.08. The summed E-state index contributed by atoms with van der Waals surface area (Å²) in [4.78, 5) is 9.19. The van der Waals surface area contributed by atoms with E-state index in [0.717, 1.165) is 22.9 Å². The molecule has 0 saturated heterocycles. The van der Waals surface area contributed by atoms with E-state index in [2.05, 4.69) is 34.7 Å². The van der Waals surface area contributed by atoms with E-state index < -0.39 is 0 Å². The van der Waals surface area contributed by atoms with Crippen LogP contribution in [0.15, 0.2) is 57.9 Å². The highest BCUT2D eigenvalue weighted by atomic mass is 16.5. The number of anilines is 1. The smallest absolute Gasteiger partial charge is 0.214 e. The molecule has 1 aromatic heterocycles. The fraction of sp³-hybridized carbons (Fsp3) is 0.333. The Morgan fingerprint density at radius 2 is 1.80 bits per heavy atom. The maximum Gasteiger partial charge on any atom is 0.214 e. The normalized spacial score (nSPS) is 11.6. The molecule has 3 aromatic rings. The molecule has 0 unspecified atom stereocenters. The van der Waals surface area contributed by atoms with Gasteiger partial charge in [-0.05, 0) is 70.0 Å². The highest BCUT2D eigenvalue weighted by Crippen LogP contribution is 2.17. The third-order valence-corrected chi connectivity index (χ3v) is 4.64. The van der Waals surface area contributed by atoms with E-state index in [1.165, 1.54) is 11.1 Å². The lowest BCUT2D eigenvalue weighted by Crippen LogP contribution is -2.30. The fourth-order valence-electron chi connectivity index (χ4n) is 2.89. The number of ether oxygens (including phenoxy) is 1. The second kappa shape index (κ2) is 9.96. The van der Waals surface area contributed by atoms with Crippen LogP contribution in [0.25, 0.3) is 0 Å². The van der Waals surface area contributed by atoms with Crippen LogP contribution in [0.3, 0.4) is 0 Å². The molecule has 0 aliphatic carbocycles. The number of aliphatic imine (C=N–C) groups is 1. The van der Waals surface area contributed by atoms with Crippen LogP contribution < -0.4 is 15.4 Å². The Hall–Kier alpha value is -3.28. The van der Waals surface area contributed by atoms with E-state index in [4.69, 9.17) is 14.1 Å². The first-order chi connectivity index (χ1) is 14.4. The van der Waals surface area contributed by atoms with Crippen molar-refractivity contribution in [1.29, 1.82) is 0 Å². The average Bonchev–Trinajstić information content (AvgIpc) is 3.03. The summed E-state index contributed by atoms with van der Waals surface area (Å²) >= 11 is 0. The number of hydrogen-bond acceptors (Lipinski definition) is 4. The Balaban J connectivity index is 1.73. The monoisotopic (exact) mass is 406 g/mol. The van der Waals surface area contributed by atoms with E-state index >= 15 is 0 Å². The molecule has 3 rings (SSSR count). The van der Waals surface area contributed by atoms with Crippen molar-refractivity contribution in [3.8, 4) is 5.75 Å². The summed E-state index contributed by atoms with van der Waals surface area (Å²) in [6, 6.07) is 16.1. The number of benzene rings is 2. The molecule has 6 nitrogen and oxygen atoms in total. The molecule has 158 valence electrons. The molecule has 1 heterocycles. The van der Waals surface area contributed by atoms with Gasteiger partial charge in [-0.1, -0.05) is 24.3 Å². The third kappa shape index (κ3) is 6.11. The standard InChI is InChI=1S/C24H30N4O2/c1-16(2)29-22-12-10-21(11-13-22)28-24(25-14-20-9-7-6-8-17(20)3)26-15-23-27-18(4)19(5)30-23/h6-13,16H,14-15H2,1-5H3,(H2,25,26,28). The molecule has 0 aliphatic heterocycles. The summed E-state index contributed by atoms with van der Waals surface area (Å²) in [6.07, 6.45) is 0.143. The van der Waals surface area contributed by atoms with E-state index in [1.807, 2.05) is 64.1 Å². The van der Waals surface area contributed by atoms with Crippen LogP contribution in [0.2, 0.25) is 0 Å². The molecule has 6 heteroatoms. The van der Waals surface area contributed by atoms with Crippen LogP contribution in [0.5, 0.6) is 5.75 Å². The first-order valence-electron chi connectivity index (χ1n) is 10.2. The predicted molar refractivity (Wildman–Crippen MR) is 121 cm³/mol. The van der Waals surface area contributed by atoms with Crippen LogP contribution in [-0.4, -0.2) is 17.0 Å². The summed E-state index contributed by atoms with van der Waals surface area (Å²) in [5.74, 6) is 2.96. The molecular formula is C24H30N4O2. The van der Waals surface area contributed by atoms with Crippen molar-refractivity contribution in [2.45, 2.75) is 53.8 Å². The Kier molecular flexibility index (Phi) is 7.12. The van der Waals surface area contributed by atoms with Gasteiger partial charge in [-0.25, -0.2) is 9.98 Å². The fourth-order valence-corrected chi connectivity index (χ4v) is 2.89. The molecule has 2 aromatic carbocycles. The highest BCUT2D eigenvalue weighted by molar-refractivity contribution is 5.93. The van der Waals surface area contributed by atoms with Gasteiger partial charge in [0.05, 0.1) is 24.9 Å². The molecule has 30 heavy (non-hydrogen) atoms. The Morgan fingerprint density at radius 1 is 1.07 bits per heavy atom. The molecule has 0 bridgehead atoms. The van der Waals surface area contributed by atoms with Gasteiger partial charge in [-0.15, -0.1) is 0 Å². The van der Waals surface area contributed by atoms with Crippen molar-refractivity contribution >= 4 is 11.6 Å². The summed E-state index contributed by atoms with van der Waals surface area (Å²) < 4.78 is 11.4. The second-order valence-electron chi connectivity index (χ2n) is 7.51. The maximum absolute atomic E-state index is 5.72. The average molecular weight is 407 g/mol. The molecule has 0 spiro atoms. The lowest BCUT2D eigenvalue weighted by molar-refractivity contribution is 0.242. The third-order valence-electron chi connectivity index (χ3n) is 4.64. The number of nitrogens with zero attached hydrogens (tertiary/aromatic N) is 2. The van der Waals surface area contributed by atoms with Crippen molar-refractivity contribution in [2.24, 2.45) is 4.99 Å². The lowest BCUT2D eigenvalue weighted by atomic mass is 10.1. The van der Waals surface area contributed by atoms with Crippen LogP contribution in [0, 0.1) is 20.8 Å². The van der Waals surface area contributed by atoms with Gasteiger partial charge in [0, 0.05) is 5.69 Å². The van der Waals surface area contributed by atoms with Gasteiger partial charge >= 0.3 is 0 Å². The maximum atomic E-state index is 5.72. The van der Waals surface area contributed by atoms with Gasteiger partial charge in [-0.3, -0.25) is 0 Å². The first-order valence-corrected chi connectivity index (χ1v) is 10.2. The van der Waals surface area contributed by atoms with Gasteiger partial charge in [0.25, 0.3) is 0 Å².